The predicted octanol–water partition coefficient (Wildman–Crippen LogP) is 1.51. The molecular formula is C10H19NO. The third kappa shape index (κ3) is 1.80. The SMILES string of the molecule is CO[C@H]1CCN(CC2(C)CC2)C1. The molecule has 1 atom stereocenters. The molecule has 1 saturated carbocycles. The van der Waals surface area contributed by atoms with Gasteiger partial charge in [0.25, 0.3) is 0 Å². The zero-order valence-corrected chi connectivity index (χ0v) is 8.18. The Bertz CT molecular complexity index is 165. The lowest BCUT2D eigenvalue weighted by molar-refractivity contribution is 0.105. The second kappa shape index (κ2) is 3.00. The van der Waals surface area contributed by atoms with Crippen molar-refractivity contribution in [3.8, 4) is 0 Å². The van der Waals surface area contributed by atoms with Crippen LogP contribution >= 0.6 is 0 Å². The topological polar surface area (TPSA) is 12.5 Å². The molecule has 0 amide bonds. The third-order valence-electron chi connectivity index (χ3n) is 3.27. The summed E-state index contributed by atoms with van der Waals surface area (Å²) in [4.78, 5) is 2.56. The molecule has 1 aliphatic heterocycles. The van der Waals surface area contributed by atoms with Gasteiger partial charge in [-0.2, -0.15) is 0 Å². The minimum atomic E-state index is 0.507. The lowest BCUT2D eigenvalue weighted by Crippen LogP contribution is -2.28. The van der Waals surface area contributed by atoms with Crippen molar-refractivity contribution in [1.82, 2.24) is 4.90 Å². The molecule has 0 aromatic carbocycles. The summed E-state index contributed by atoms with van der Waals surface area (Å²) in [6.07, 6.45) is 4.60. The smallest absolute Gasteiger partial charge is 0.0710 e. The van der Waals surface area contributed by atoms with Gasteiger partial charge in [-0.1, -0.05) is 6.92 Å². The number of methoxy groups -OCH3 is 1. The largest absolute Gasteiger partial charge is 0.380 e. The zero-order valence-electron chi connectivity index (χ0n) is 8.18. The summed E-state index contributed by atoms with van der Waals surface area (Å²) < 4.78 is 5.33. The highest BCUT2D eigenvalue weighted by atomic mass is 16.5. The van der Waals surface area contributed by atoms with Crippen LogP contribution in [0.3, 0.4) is 0 Å². The van der Waals surface area contributed by atoms with E-state index >= 15 is 0 Å². The number of likely N-dealkylation sites (tertiary alicyclic amines) is 1. The first-order valence-corrected chi connectivity index (χ1v) is 4.97. The van der Waals surface area contributed by atoms with E-state index in [0.29, 0.717) is 11.5 Å². The summed E-state index contributed by atoms with van der Waals surface area (Å²) in [5, 5.41) is 0. The molecule has 0 N–H and O–H groups in total. The maximum atomic E-state index is 5.33. The molecule has 0 bridgehead atoms. The summed E-state index contributed by atoms with van der Waals surface area (Å²) in [6, 6.07) is 0. The van der Waals surface area contributed by atoms with E-state index in [1.54, 1.807) is 0 Å². The molecule has 1 heterocycles. The average Bonchev–Trinajstić information content (AvgIpc) is 2.63. The fourth-order valence-corrected chi connectivity index (χ4v) is 2.04. The van der Waals surface area contributed by atoms with Gasteiger partial charge in [-0.15, -0.1) is 0 Å². The summed E-state index contributed by atoms with van der Waals surface area (Å²) in [7, 11) is 1.83. The normalized spacial score (nSPS) is 34.0. The van der Waals surface area contributed by atoms with Crippen molar-refractivity contribution >= 4 is 0 Å². The van der Waals surface area contributed by atoms with Crippen molar-refractivity contribution in [2.75, 3.05) is 26.7 Å². The minimum absolute atomic E-state index is 0.507. The van der Waals surface area contributed by atoms with Crippen LogP contribution in [-0.4, -0.2) is 37.7 Å². The van der Waals surface area contributed by atoms with E-state index in [1.165, 1.54) is 32.4 Å². The second-order valence-electron chi connectivity index (χ2n) is 4.69. The fourth-order valence-electron chi connectivity index (χ4n) is 2.04. The van der Waals surface area contributed by atoms with Gasteiger partial charge in [-0.3, -0.25) is 0 Å². The number of hydrogen-bond acceptors (Lipinski definition) is 2. The Morgan fingerprint density at radius 2 is 2.25 bits per heavy atom. The molecule has 0 aromatic heterocycles. The Kier molecular flexibility index (Phi) is 2.13. The molecule has 2 rings (SSSR count). The van der Waals surface area contributed by atoms with Crippen molar-refractivity contribution in [3.05, 3.63) is 0 Å². The minimum Gasteiger partial charge on any atom is -0.380 e. The molecule has 2 heteroatoms. The quantitative estimate of drug-likeness (QED) is 0.635. The van der Waals surface area contributed by atoms with Crippen LogP contribution in [-0.2, 0) is 4.74 Å². The van der Waals surface area contributed by atoms with Gasteiger partial charge in [-0.05, 0) is 24.7 Å². The first-order valence-electron chi connectivity index (χ1n) is 4.97. The molecule has 1 saturated heterocycles. The van der Waals surface area contributed by atoms with Gasteiger partial charge < -0.3 is 9.64 Å². The van der Waals surface area contributed by atoms with Crippen molar-refractivity contribution in [2.45, 2.75) is 32.3 Å². The molecule has 12 heavy (non-hydrogen) atoms. The van der Waals surface area contributed by atoms with Crippen LogP contribution in [0.2, 0.25) is 0 Å². The van der Waals surface area contributed by atoms with Gasteiger partial charge in [0.05, 0.1) is 6.10 Å². The Hall–Kier alpha value is -0.0800. The molecule has 2 fully saturated rings. The molecule has 0 radical (unpaired) electrons. The highest BCUT2D eigenvalue weighted by molar-refractivity contribution is 4.93. The summed E-state index contributed by atoms with van der Waals surface area (Å²) in [5.74, 6) is 0. The number of nitrogens with zero attached hydrogens (tertiary/aromatic N) is 1. The zero-order chi connectivity index (χ0) is 8.60. The van der Waals surface area contributed by atoms with Gasteiger partial charge in [0, 0.05) is 26.7 Å². The highest BCUT2D eigenvalue weighted by Crippen LogP contribution is 2.45. The Morgan fingerprint density at radius 1 is 1.50 bits per heavy atom. The lowest BCUT2D eigenvalue weighted by Gasteiger charge is -2.19. The van der Waals surface area contributed by atoms with Crippen LogP contribution < -0.4 is 0 Å². The first-order chi connectivity index (χ1) is 5.72. The van der Waals surface area contributed by atoms with Gasteiger partial charge in [0.1, 0.15) is 0 Å². The van der Waals surface area contributed by atoms with E-state index < -0.39 is 0 Å². The average molecular weight is 169 g/mol. The Labute approximate surface area is 74.9 Å². The van der Waals surface area contributed by atoms with Crippen molar-refractivity contribution in [1.29, 1.82) is 0 Å². The van der Waals surface area contributed by atoms with E-state index in [2.05, 4.69) is 11.8 Å². The number of hydrogen-bond donors (Lipinski definition) is 0. The molecule has 2 nitrogen and oxygen atoms in total. The van der Waals surface area contributed by atoms with Crippen LogP contribution in [0.25, 0.3) is 0 Å². The van der Waals surface area contributed by atoms with E-state index in [0.717, 1.165) is 6.54 Å². The van der Waals surface area contributed by atoms with Crippen LogP contribution in [0.5, 0.6) is 0 Å². The van der Waals surface area contributed by atoms with Crippen LogP contribution in [0, 0.1) is 5.41 Å². The number of ether oxygens (including phenoxy) is 1. The number of rotatable bonds is 3. The standard InChI is InChI=1S/C10H19NO/c1-10(4-5-10)8-11-6-3-9(7-11)12-2/h9H,3-8H2,1-2H3/t9-/m0/s1. The van der Waals surface area contributed by atoms with Crippen molar-refractivity contribution in [2.24, 2.45) is 5.41 Å². The van der Waals surface area contributed by atoms with E-state index in [-0.39, 0.29) is 0 Å². The van der Waals surface area contributed by atoms with E-state index in [4.69, 9.17) is 4.74 Å². The van der Waals surface area contributed by atoms with Crippen LogP contribution in [0.4, 0.5) is 0 Å². The maximum absolute atomic E-state index is 5.33. The molecular weight excluding hydrogens is 150 g/mol. The second-order valence-corrected chi connectivity index (χ2v) is 4.69. The van der Waals surface area contributed by atoms with Gasteiger partial charge in [0.15, 0.2) is 0 Å². The molecule has 0 unspecified atom stereocenters. The summed E-state index contributed by atoms with van der Waals surface area (Å²) >= 11 is 0. The first kappa shape index (κ1) is 8.52. The van der Waals surface area contributed by atoms with Crippen molar-refractivity contribution in [3.63, 3.8) is 0 Å². The Morgan fingerprint density at radius 3 is 2.75 bits per heavy atom. The van der Waals surface area contributed by atoms with Gasteiger partial charge in [0.2, 0.25) is 0 Å². The summed E-state index contributed by atoms with van der Waals surface area (Å²) in [6.45, 7) is 6.10. The van der Waals surface area contributed by atoms with Gasteiger partial charge in [-0.25, -0.2) is 0 Å². The van der Waals surface area contributed by atoms with Crippen LogP contribution in [0.1, 0.15) is 26.2 Å². The van der Waals surface area contributed by atoms with Crippen molar-refractivity contribution < 1.29 is 4.74 Å². The van der Waals surface area contributed by atoms with E-state index in [1.807, 2.05) is 7.11 Å². The molecule has 0 aromatic rings. The summed E-state index contributed by atoms with van der Waals surface area (Å²) in [5.41, 5.74) is 0.669. The van der Waals surface area contributed by atoms with Crippen LogP contribution in [0.15, 0.2) is 0 Å². The monoisotopic (exact) mass is 169 g/mol. The lowest BCUT2D eigenvalue weighted by atomic mass is 10.1. The maximum Gasteiger partial charge on any atom is 0.0710 e. The highest BCUT2D eigenvalue weighted by Gasteiger charge is 2.40. The molecule has 2 aliphatic rings. The molecule has 70 valence electrons. The molecule has 0 spiro atoms. The van der Waals surface area contributed by atoms with Gasteiger partial charge >= 0.3 is 0 Å². The third-order valence-corrected chi connectivity index (χ3v) is 3.27. The molecule has 1 aliphatic carbocycles. The van der Waals surface area contributed by atoms with E-state index in [9.17, 15) is 0 Å². The Balaban J connectivity index is 1.76. The fraction of sp³-hybridized carbons (Fsp3) is 1.00. The predicted molar refractivity (Wildman–Crippen MR) is 49.2 cm³/mol.